The Morgan fingerprint density at radius 1 is 1.41 bits per heavy atom. The molecule has 1 amide bonds. The minimum absolute atomic E-state index is 0.201. The molecule has 2 rings (SSSR count). The van der Waals surface area contributed by atoms with Crippen LogP contribution in [0.5, 0.6) is 0 Å². The summed E-state index contributed by atoms with van der Waals surface area (Å²) in [6.45, 7) is 1.14. The van der Waals surface area contributed by atoms with Crippen molar-refractivity contribution < 1.29 is 17.9 Å². The van der Waals surface area contributed by atoms with Crippen molar-refractivity contribution in [3.63, 3.8) is 0 Å². The summed E-state index contributed by atoms with van der Waals surface area (Å²) in [6, 6.07) is 5.79. The summed E-state index contributed by atoms with van der Waals surface area (Å²) in [7, 11) is -2.11. The third-order valence-corrected chi connectivity index (χ3v) is 5.98. The molecule has 0 aromatic heterocycles. The van der Waals surface area contributed by atoms with Crippen molar-refractivity contribution in [2.75, 3.05) is 26.8 Å². The summed E-state index contributed by atoms with van der Waals surface area (Å²) >= 11 is 3.28. The van der Waals surface area contributed by atoms with Crippen LogP contribution < -0.4 is 5.32 Å². The molecule has 0 unspecified atom stereocenters. The van der Waals surface area contributed by atoms with E-state index < -0.39 is 16.1 Å². The molecular weight excluding hydrogens is 372 g/mol. The number of carbonyl (C=O) groups is 1. The van der Waals surface area contributed by atoms with E-state index in [4.69, 9.17) is 4.74 Å². The number of halogens is 1. The highest BCUT2D eigenvalue weighted by atomic mass is 79.9. The predicted octanol–water partition coefficient (Wildman–Crippen LogP) is 1.36. The minimum atomic E-state index is -3.66. The SMILES string of the molecule is COCCNC(=O)[C@@H]1CCCN1S(=O)(=O)c1ccc(Br)cc1. The number of rotatable bonds is 6. The van der Waals surface area contributed by atoms with Crippen LogP contribution in [-0.2, 0) is 19.6 Å². The molecule has 1 aliphatic rings. The zero-order valence-electron chi connectivity index (χ0n) is 12.3. The van der Waals surface area contributed by atoms with Crippen molar-refractivity contribution in [1.29, 1.82) is 0 Å². The van der Waals surface area contributed by atoms with E-state index in [1.54, 1.807) is 19.2 Å². The standard InChI is InChI=1S/C14H19BrN2O4S/c1-21-10-8-16-14(18)13-3-2-9-17(13)22(19,20)12-6-4-11(15)5-7-12/h4-7,13H,2-3,8-10H2,1H3,(H,16,18)/t13-/m0/s1. The molecule has 22 heavy (non-hydrogen) atoms. The van der Waals surface area contributed by atoms with Crippen molar-refractivity contribution in [3.05, 3.63) is 28.7 Å². The van der Waals surface area contributed by atoms with Gasteiger partial charge in [-0.2, -0.15) is 4.31 Å². The Morgan fingerprint density at radius 3 is 2.73 bits per heavy atom. The maximum Gasteiger partial charge on any atom is 0.243 e. The van der Waals surface area contributed by atoms with Crippen LogP contribution >= 0.6 is 15.9 Å². The second kappa shape index (κ2) is 7.54. The first kappa shape index (κ1) is 17.4. The average molecular weight is 391 g/mol. The van der Waals surface area contributed by atoms with E-state index in [1.807, 2.05) is 0 Å². The van der Waals surface area contributed by atoms with E-state index >= 15 is 0 Å². The first-order valence-electron chi connectivity index (χ1n) is 7.01. The van der Waals surface area contributed by atoms with E-state index in [2.05, 4.69) is 21.2 Å². The van der Waals surface area contributed by atoms with Crippen LogP contribution in [0, 0.1) is 0 Å². The van der Waals surface area contributed by atoms with Gasteiger partial charge in [0.25, 0.3) is 0 Å². The van der Waals surface area contributed by atoms with Gasteiger partial charge in [0, 0.05) is 24.7 Å². The number of sulfonamides is 1. The molecule has 0 bridgehead atoms. The van der Waals surface area contributed by atoms with E-state index in [1.165, 1.54) is 16.4 Å². The first-order valence-corrected chi connectivity index (χ1v) is 9.24. The highest BCUT2D eigenvalue weighted by Gasteiger charge is 2.39. The molecule has 1 N–H and O–H groups in total. The van der Waals surface area contributed by atoms with Crippen molar-refractivity contribution in [2.24, 2.45) is 0 Å². The number of benzene rings is 1. The van der Waals surface area contributed by atoms with Gasteiger partial charge in [0.2, 0.25) is 15.9 Å². The fraction of sp³-hybridized carbons (Fsp3) is 0.500. The Bertz CT molecular complexity index is 618. The van der Waals surface area contributed by atoms with Crippen molar-refractivity contribution in [2.45, 2.75) is 23.8 Å². The van der Waals surface area contributed by atoms with Gasteiger partial charge in [-0.05, 0) is 37.1 Å². The number of methoxy groups -OCH3 is 1. The van der Waals surface area contributed by atoms with Crippen molar-refractivity contribution in [1.82, 2.24) is 9.62 Å². The summed E-state index contributed by atoms with van der Waals surface area (Å²) in [6.07, 6.45) is 1.21. The molecule has 1 saturated heterocycles. The number of nitrogens with one attached hydrogen (secondary N) is 1. The lowest BCUT2D eigenvalue weighted by molar-refractivity contribution is -0.124. The lowest BCUT2D eigenvalue weighted by Crippen LogP contribution is -2.46. The molecule has 0 spiro atoms. The van der Waals surface area contributed by atoms with E-state index in [9.17, 15) is 13.2 Å². The van der Waals surface area contributed by atoms with Crippen LogP contribution in [0.4, 0.5) is 0 Å². The van der Waals surface area contributed by atoms with Gasteiger partial charge in [0.1, 0.15) is 6.04 Å². The normalized spacial score (nSPS) is 19.3. The molecule has 1 aromatic carbocycles. The van der Waals surface area contributed by atoms with Gasteiger partial charge in [-0.1, -0.05) is 15.9 Å². The number of carbonyl (C=O) groups excluding carboxylic acids is 1. The summed E-state index contributed by atoms with van der Waals surface area (Å²) < 4.78 is 32.4. The predicted molar refractivity (Wildman–Crippen MR) is 85.9 cm³/mol. The van der Waals surface area contributed by atoms with Crippen molar-refractivity contribution >= 4 is 31.9 Å². The molecule has 1 atom stereocenters. The van der Waals surface area contributed by atoms with Crippen LogP contribution in [0.2, 0.25) is 0 Å². The van der Waals surface area contributed by atoms with Gasteiger partial charge in [-0.3, -0.25) is 4.79 Å². The Morgan fingerprint density at radius 2 is 2.09 bits per heavy atom. The van der Waals surface area contributed by atoms with Gasteiger partial charge < -0.3 is 10.1 Å². The van der Waals surface area contributed by atoms with Gasteiger partial charge in [0.15, 0.2) is 0 Å². The molecule has 1 fully saturated rings. The van der Waals surface area contributed by atoms with E-state index in [0.717, 1.165) is 4.47 Å². The third-order valence-electron chi connectivity index (χ3n) is 3.53. The maximum atomic E-state index is 12.7. The van der Waals surface area contributed by atoms with Gasteiger partial charge in [-0.25, -0.2) is 8.42 Å². The number of amides is 1. The van der Waals surface area contributed by atoms with Crippen LogP contribution in [0.25, 0.3) is 0 Å². The molecule has 0 saturated carbocycles. The lowest BCUT2D eigenvalue weighted by atomic mass is 10.2. The van der Waals surface area contributed by atoms with E-state index in [0.29, 0.717) is 32.5 Å². The van der Waals surface area contributed by atoms with Gasteiger partial charge in [0.05, 0.1) is 11.5 Å². The molecule has 1 heterocycles. The highest BCUT2D eigenvalue weighted by Crippen LogP contribution is 2.27. The van der Waals surface area contributed by atoms with Crippen LogP contribution in [0.1, 0.15) is 12.8 Å². The molecule has 8 heteroatoms. The largest absolute Gasteiger partial charge is 0.383 e. The number of nitrogens with zero attached hydrogens (tertiary/aromatic N) is 1. The first-order chi connectivity index (χ1) is 10.5. The summed E-state index contributed by atoms with van der Waals surface area (Å²) in [5, 5.41) is 2.71. The summed E-state index contributed by atoms with van der Waals surface area (Å²) in [5.41, 5.74) is 0. The van der Waals surface area contributed by atoms with Gasteiger partial charge in [-0.15, -0.1) is 0 Å². The van der Waals surface area contributed by atoms with Gasteiger partial charge >= 0.3 is 0 Å². The smallest absolute Gasteiger partial charge is 0.243 e. The zero-order valence-corrected chi connectivity index (χ0v) is 14.7. The second-order valence-corrected chi connectivity index (χ2v) is 7.82. The molecular formula is C14H19BrN2O4S. The molecule has 0 aliphatic carbocycles. The zero-order chi connectivity index (χ0) is 16.2. The Balaban J connectivity index is 2.15. The highest BCUT2D eigenvalue weighted by molar-refractivity contribution is 9.10. The minimum Gasteiger partial charge on any atom is -0.383 e. The van der Waals surface area contributed by atoms with Crippen LogP contribution in [0.3, 0.4) is 0 Å². The number of hydrogen-bond donors (Lipinski definition) is 1. The van der Waals surface area contributed by atoms with Crippen LogP contribution in [-0.4, -0.2) is 51.5 Å². The fourth-order valence-electron chi connectivity index (χ4n) is 2.43. The molecule has 1 aromatic rings. The Kier molecular flexibility index (Phi) is 5.96. The fourth-order valence-corrected chi connectivity index (χ4v) is 4.35. The number of ether oxygens (including phenoxy) is 1. The summed E-state index contributed by atoms with van der Waals surface area (Å²) in [5.74, 6) is -0.268. The van der Waals surface area contributed by atoms with E-state index in [-0.39, 0.29) is 10.8 Å². The van der Waals surface area contributed by atoms with Crippen LogP contribution in [0.15, 0.2) is 33.6 Å². The third kappa shape index (κ3) is 3.87. The lowest BCUT2D eigenvalue weighted by Gasteiger charge is -2.23. The Hall–Kier alpha value is -0.960. The monoisotopic (exact) mass is 390 g/mol. The Labute approximate surface area is 139 Å². The topological polar surface area (TPSA) is 75.7 Å². The quantitative estimate of drug-likeness (QED) is 0.744. The number of hydrogen-bond acceptors (Lipinski definition) is 4. The average Bonchev–Trinajstić information content (AvgIpc) is 2.98. The van der Waals surface area contributed by atoms with Crippen molar-refractivity contribution in [3.8, 4) is 0 Å². The maximum absolute atomic E-state index is 12.7. The summed E-state index contributed by atoms with van der Waals surface area (Å²) in [4.78, 5) is 12.4. The molecule has 1 aliphatic heterocycles. The molecule has 0 radical (unpaired) electrons. The second-order valence-electron chi connectivity index (χ2n) is 5.01. The molecule has 122 valence electrons. The molecule has 6 nitrogen and oxygen atoms in total.